The van der Waals surface area contributed by atoms with E-state index in [2.05, 4.69) is 27.6 Å². The Hall–Kier alpha value is -3.97. The molecule has 0 radical (unpaired) electrons. The van der Waals surface area contributed by atoms with Gasteiger partial charge in [-0.1, -0.05) is 41.7 Å². The zero-order valence-electron chi connectivity index (χ0n) is 25.4. The third-order valence-corrected chi connectivity index (χ3v) is 8.80. The molecular formula is C34H32FIN2O6S. The fourth-order valence-corrected chi connectivity index (χ4v) is 6.70. The van der Waals surface area contributed by atoms with E-state index in [9.17, 15) is 14.0 Å². The standard InChI is InChI=1S/C34H32FIN2O6S/c1-6-42-33(40)30-20(4)37-34-38(31(30)22-12-14-27(44-19(2)3)28(17-22)41-5)32(39)29(45-34)16-21-11-13-26(25(36)15-21)43-18-23-9-7-8-10-24(23)35/h7-17,19,31H,6,18H2,1-5H3/b29-16-/t31-/m1/s1. The monoisotopic (exact) mass is 742 g/mol. The number of methoxy groups -OCH3 is 1. The number of carbonyl (C=O) groups excluding carboxylic acids is 1. The third kappa shape index (κ3) is 6.99. The van der Waals surface area contributed by atoms with E-state index in [1.807, 2.05) is 32.0 Å². The van der Waals surface area contributed by atoms with Gasteiger partial charge in [-0.25, -0.2) is 14.2 Å². The van der Waals surface area contributed by atoms with E-state index in [0.29, 0.717) is 43.4 Å². The lowest BCUT2D eigenvalue weighted by molar-refractivity contribution is -0.139. The minimum absolute atomic E-state index is 0.0739. The molecule has 1 aliphatic heterocycles. The van der Waals surface area contributed by atoms with Crippen LogP contribution in [0.4, 0.5) is 4.39 Å². The van der Waals surface area contributed by atoms with Crippen molar-refractivity contribution in [3.05, 3.63) is 118 Å². The summed E-state index contributed by atoms with van der Waals surface area (Å²) in [6.45, 7) is 7.59. The summed E-state index contributed by atoms with van der Waals surface area (Å²) < 4.78 is 39.6. The van der Waals surface area contributed by atoms with Gasteiger partial charge < -0.3 is 18.9 Å². The summed E-state index contributed by atoms with van der Waals surface area (Å²) in [7, 11) is 1.54. The van der Waals surface area contributed by atoms with Crippen molar-refractivity contribution >= 4 is 46.0 Å². The first-order valence-corrected chi connectivity index (χ1v) is 16.2. The summed E-state index contributed by atoms with van der Waals surface area (Å²) in [5.74, 6) is 0.773. The van der Waals surface area contributed by atoms with Crippen LogP contribution in [0.25, 0.3) is 6.08 Å². The molecule has 1 atom stereocenters. The summed E-state index contributed by atoms with van der Waals surface area (Å²) >= 11 is 3.39. The van der Waals surface area contributed by atoms with Gasteiger partial charge in [0.15, 0.2) is 16.3 Å². The number of esters is 1. The number of thiazole rings is 1. The van der Waals surface area contributed by atoms with E-state index in [-0.39, 0.29) is 36.3 Å². The van der Waals surface area contributed by atoms with E-state index >= 15 is 0 Å². The van der Waals surface area contributed by atoms with E-state index in [0.717, 1.165) is 9.13 Å². The number of fused-ring (bicyclic) bond motifs is 1. The van der Waals surface area contributed by atoms with Gasteiger partial charge in [-0.15, -0.1) is 0 Å². The predicted octanol–water partition coefficient (Wildman–Crippen LogP) is 5.92. The second-order valence-electron chi connectivity index (χ2n) is 10.4. The molecule has 5 rings (SSSR count). The van der Waals surface area contributed by atoms with Crippen LogP contribution >= 0.6 is 33.9 Å². The molecule has 0 unspecified atom stereocenters. The molecule has 8 nitrogen and oxygen atoms in total. The lowest BCUT2D eigenvalue weighted by Crippen LogP contribution is -2.40. The maximum Gasteiger partial charge on any atom is 0.338 e. The number of benzene rings is 3. The minimum Gasteiger partial charge on any atom is -0.493 e. The van der Waals surface area contributed by atoms with E-state index in [1.54, 1.807) is 63.4 Å². The van der Waals surface area contributed by atoms with Gasteiger partial charge >= 0.3 is 5.97 Å². The van der Waals surface area contributed by atoms with Gasteiger partial charge in [0.2, 0.25) is 0 Å². The molecule has 0 spiro atoms. The number of allylic oxidation sites excluding steroid dienone is 1. The van der Waals surface area contributed by atoms with Crippen molar-refractivity contribution in [3.8, 4) is 17.2 Å². The van der Waals surface area contributed by atoms with E-state index in [4.69, 9.17) is 18.9 Å². The molecule has 0 aliphatic carbocycles. The van der Waals surface area contributed by atoms with Gasteiger partial charge in [0, 0.05) is 5.56 Å². The first kappa shape index (κ1) is 32.4. The molecule has 0 amide bonds. The third-order valence-electron chi connectivity index (χ3n) is 6.98. The van der Waals surface area contributed by atoms with Crippen LogP contribution in [0.15, 0.2) is 81.7 Å². The van der Waals surface area contributed by atoms with Crippen molar-refractivity contribution in [1.82, 2.24) is 4.57 Å². The van der Waals surface area contributed by atoms with Crippen molar-refractivity contribution in [2.45, 2.75) is 46.4 Å². The fourth-order valence-electron chi connectivity index (χ4n) is 4.96. The van der Waals surface area contributed by atoms with Gasteiger partial charge in [0.25, 0.3) is 5.56 Å². The molecule has 45 heavy (non-hydrogen) atoms. The highest BCUT2D eigenvalue weighted by atomic mass is 127. The Morgan fingerprint density at radius 2 is 1.87 bits per heavy atom. The van der Waals surface area contributed by atoms with Gasteiger partial charge in [-0.05, 0) is 97.8 Å². The maximum atomic E-state index is 14.0. The summed E-state index contributed by atoms with van der Waals surface area (Å²) in [5.41, 5.74) is 2.34. The van der Waals surface area contributed by atoms with Crippen LogP contribution in [0.1, 0.15) is 50.4 Å². The van der Waals surface area contributed by atoms with E-state index in [1.165, 1.54) is 22.0 Å². The molecule has 1 aliphatic rings. The molecule has 11 heteroatoms. The zero-order chi connectivity index (χ0) is 32.2. The average molecular weight is 743 g/mol. The van der Waals surface area contributed by atoms with Crippen molar-refractivity contribution in [3.63, 3.8) is 0 Å². The highest BCUT2D eigenvalue weighted by molar-refractivity contribution is 14.1. The van der Waals surface area contributed by atoms with Gasteiger partial charge in [0.05, 0.1) is 45.2 Å². The van der Waals surface area contributed by atoms with Crippen molar-refractivity contribution in [1.29, 1.82) is 0 Å². The predicted molar refractivity (Wildman–Crippen MR) is 179 cm³/mol. The number of carbonyl (C=O) groups is 1. The Labute approximate surface area is 277 Å². The van der Waals surface area contributed by atoms with Crippen LogP contribution in [0.5, 0.6) is 17.2 Å². The van der Waals surface area contributed by atoms with E-state index < -0.39 is 12.0 Å². The summed E-state index contributed by atoms with van der Waals surface area (Å²) in [4.78, 5) is 32.4. The van der Waals surface area contributed by atoms with Crippen molar-refractivity contribution in [2.75, 3.05) is 13.7 Å². The topological polar surface area (TPSA) is 88.4 Å². The van der Waals surface area contributed by atoms with Gasteiger partial charge in [-0.2, -0.15) is 0 Å². The number of nitrogens with zero attached hydrogens (tertiary/aromatic N) is 2. The number of hydrogen-bond acceptors (Lipinski definition) is 8. The lowest BCUT2D eigenvalue weighted by atomic mass is 9.95. The Bertz CT molecular complexity index is 1970. The SMILES string of the molecule is CCOC(=O)C1=C(C)N=c2s/c(=C\c3ccc(OCc4ccccc4F)c(I)c3)c(=O)n2[C@@H]1c1ccc(OC(C)C)c(OC)c1. The van der Waals surface area contributed by atoms with Crippen molar-refractivity contribution < 1.29 is 28.1 Å². The van der Waals surface area contributed by atoms with Crippen LogP contribution in [-0.4, -0.2) is 30.4 Å². The number of aromatic nitrogens is 1. The average Bonchev–Trinajstić information content (AvgIpc) is 3.30. The number of halogens is 2. The molecule has 3 aromatic carbocycles. The number of ether oxygens (including phenoxy) is 4. The maximum absolute atomic E-state index is 14.0. The van der Waals surface area contributed by atoms with Crippen LogP contribution in [0.3, 0.4) is 0 Å². The Morgan fingerprint density at radius 1 is 1.11 bits per heavy atom. The van der Waals surface area contributed by atoms with Crippen LogP contribution in [0, 0.1) is 9.39 Å². The normalized spacial score (nSPS) is 14.7. The molecule has 4 aromatic rings. The number of rotatable bonds is 10. The summed E-state index contributed by atoms with van der Waals surface area (Å²) in [5, 5.41) is 0. The highest BCUT2D eigenvalue weighted by Gasteiger charge is 2.34. The van der Waals surface area contributed by atoms with Crippen LogP contribution < -0.4 is 29.1 Å². The quantitative estimate of drug-likeness (QED) is 0.148. The van der Waals surface area contributed by atoms with Crippen LogP contribution in [-0.2, 0) is 16.1 Å². The highest BCUT2D eigenvalue weighted by Crippen LogP contribution is 2.36. The Kier molecular flexibility index (Phi) is 10.1. The molecule has 2 heterocycles. The number of hydrogen-bond donors (Lipinski definition) is 0. The largest absolute Gasteiger partial charge is 0.493 e. The molecule has 0 bridgehead atoms. The molecule has 0 saturated heterocycles. The second-order valence-corrected chi connectivity index (χ2v) is 12.6. The minimum atomic E-state index is -0.793. The zero-order valence-corrected chi connectivity index (χ0v) is 28.4. The van der Waals surface area contributed by atoms with Crippen molar-refractivity contribution in [2.24, 2.45) is 4.99 Å². The van der Waals surface area contributed by atoms with Gasteiger partial charge in [0.1, 0.15) is 18.2 Å². The molecule has 0 fully saturated rings. The lowest BCUT2D eigenvalue weighted by Gasteiger charge is -2.25. The fraction of sp³-hybridized carbons (Fsp3) is 0.265. The second kappa shape index (κ2) is 14.0. The molecule has 1 aromatic heterocycles. The van der Waals surface area contributed by atoms with Crippen LogP contribution in [0.2, 0.25) is 0 Å². The smallest absolute Gasteiger partial charge is 0.338 e. The molecule has 0 saturated carbocycles. The molecular weight excluding hydrogens is 710 g/mol. The first-order chi connectivity index (χ1) is 21.6. The Morgan fingerprint density at radius 3 is 2.56 bits per heavy atom. The Balaban J connectivity index is 1.55. The summed E-state index contributed by atoms with van der Waals surface area (Å²) in [6, 6.07) is 16.6. The summed E-state index contributed by atoms with van der Waals surface area (Å²) in [6.07, 6.45) is 1.71. The van der Waals surface area contributed by atoms with Gasteiger partial charge in [-0.3, -0.25) is 9.36 Å². The first-order valence-electron chi connectivity index (χ1n) is 14.3. The molecule has 0 N–H and O–H groups in total. The molecule has 234 valence electrons.